The molecule has 154 valence electrons. The van der Waals surface area contributed by atoms with Crippen LogP contribution < -0.4 is 10.9 Å². The van der Waals surface area contributed by atoms with E-state index in [0.717, 1.165) is 0 Å². The van der Waals surface area contributed by atoms with Gasteiger partial charge in [0.15, 0.2) is 11.5 Å². The molecule has 0 bridgehead atoms. The Bertz CT molecular complexity index is 1490. The maximum absolute atomic E-state index is 13.9. The van der Waals surface area contributed by atoms with Gasteiger partial charge in [-0.25, -0.2) is 19.3 Å². The largest absolute Gasteiger partial charge is 0.360 e. The van der Waals surface area contributed by atoms with Crippen molar-refractivity contribution in [2.75, 3.05) is 5.32 Å². The quantitative estimate of drug-likeness (QED) is 0.431. The van der Waals surface area contributed by atoms with E-state index >= 15 is 0 Å². The summed E-state index contributed by atoms with van der Waals surface area (Å²) in [5.74, 6) is 0.0484. The molecule has 0 saturated carbocycles. The molecule has 0 aliphatic heterocycles. The number of nitrogens with one attached hydrogen (secondary N) is 2. The molecule has 1 atom stereocenters. The number of imidazole rings is 1. The molecule has 31 heavy (non-hydrogen) atoms. The highest BCUT2D eigenvalue weighted by atomic mass is 35.5. The fourth-order valence-corrected chi connectivity index (χ4v) is 3.87. The van der Waals surface area contributed by atoms with Gasteiger partial charge in [-0.3, -0.25) is 9.36 Å². The van der Waals surface area contributed by atoms with Crippen molar-refractivity contribution in [1.82, 2.24) is 24.5 Å². The highest BCUT2D eigenvalue weighted by molar-refractivity contribution is 6.32. The Morgan fingerprint density at radius 1 is 1.13 bits per heavy atom. The number of rotatable bonds is 4. The highest BCUT2D eigenvalue weighted by Gasteiger charge is 2.19. The van der Waals surface area contributed by atoms with Crippen molar-refractivity contribution in [3.05, 3.63) is 88.1 Å². The molecule has 0 aliphatic carbocycles. The summed E-state index contributed by atoms with van der Waals surface area (Å²) in [6.45, 7) is 1.90. The number of nitrogens with zero attached hydrogens (tertiary/aromatic N) is 4. The van der Waals surface area contributed by atoms with Crippen LogP contribution in [0.5, 0.6) is 0 Å². The van der Waals surface area contributed by atoms with Crippen LogP contribution in [-0.4, -0.2) is 24.5 Å². The Balaban J connectivity index is 1.72. The number of aromatic amines is 1. The number of aromatic nitrogens is 5. The topological polar surface area (TPSA) is 88.5 Å². The third kappa shape index (κ3) is 3.30. The van der Waals surface area contributed by atoms with Gasteiger partial charge < -0.3 is 10.3 Å². The van der Waals surface area contributed by atoms with E-state index in [0.29, 0.717) is 38.8 Å². The van der Waals surface area contributed by atoms with Crippen LogP contribution in [-0.2, 0) is 0 Å². The molecule has 3 heterocycles. The molecule has 0 radical (unpaired) electrons. The first-order chi connectivity index (χ1) is 15.0. The van der Waals surface area contributed by atoms with Gasteiger partial charge in [0.1, 0.15) is 17.7 Å². The summed E-state index contributed by atoms with van der Waals surface area (Å²) in [7, 11) is 0. The van der Waals surface area contributed by atoms with E-state index in [1.165, 1.54) is 23.0 Å². The Morgan fingerprint density at radius 2 is 1.97 bits per heavy atom. The highest BCUT2D eigenvalue weighted by Crippen LogP contribution is 2.28. The molecule has 5 rings (SSSR count). The molecule has 9 heteroatoms. The monoisotopic (exact) mass is 434 g/mol. The number of hydrogen-bond donors (Lipinski definition) is 2. The molecule has 1 unspecified atom stereocenters. The van der Waals surface area contributed by atoms with Crippen LogP contribution in [0.15, 0.2) is 66.0 Å². The van der Waals surface area contributed by atoms with E-state index in [2.05, 4.69) is 25.3 Å². The van der Waals surface area contributed by atoms with E-state index < -0.39 is 5.82 Å². The summed E-state index contributed by atoms with van der Waals surface area (Å²) in [5, 5.41) is 4.62. The van der Waals surface area contributed by atoms with E-state index in [1.807, 2.05) is 13.0 Å². The molecular formula is C22H16ClFN6O. The van der Waals surface area contributed by atoms with Crippen molar-refractivity contribution < 1.29 is 4.39 Å². The number of para-hydroxylation sites is 1. The third-order valence-electron chi connectivity index (χ3n) is 5.12. The number of anilines is 1. The van der Waals surface area contributed by atoms with E-state index in [-0.39, 0.29) is 17.0 Å². The molecular weight excluding hydrogens is 419 g/mol. The number of H-pyrrole nitrogens is 1. The van der Waals surface area contributed by atoms with Crippen LogP contribution in [0, 0.1) is 5.82 Å². The smallest absolute Gasteiger partial charge is 0.263 e. The lowest BCUT2D eigenvalue weighted by Crippen LogP contribution is -2.26. The maximum Gasteiger partial charge on any atom is 0.263 e. The zero-order valence-corrected chi connectivity index (χ0v) is 17.1. The number of halogens is 2. The molecule has 0 spiro atoms. The Kier molecular flexibility index (Phi) is 4.63. The Hall–Kier alpha value is -3.78. The fourth-order valence-electron chi connectivity index (χ4n) is 3.65. The van der Waals surface area contributed by atoms with Gasteiger partial charge in [-0.15, -0.1) is 0 Å². The molecule has 0 saturated heterocycles. The standard InChI is InChI=1S/C22H16ClFN6O/c1-12(29-21-19-20(26-10-25-19)27-11-28-21)18-8-13-6-7-14(24)9-15(13)22(31)30(18)17-5-3-2-4-16(17)23/h2-12H,1H3,(H2,25,26,27,28,29). The molecule has 0 amide bonds. The molecule has 7 nitrogen and oxygen atoms in total. The lowest BCUT2D eigenvalue weighted by molar-refractivity contribution is 0.629. The summed E-state index contributed by atoms with van der Waals surface area (Å²) < 4.78 is 15.4. The Morgan fingerprint density at radius 3 is 2.81 bits per heavy atom. The normalized spacial score (nSPS) is 12.4. The van der Waals surface area contributed by atoms with Crippen LogP contribution in [0.4, 0.5) is 10.2 Å². The maximum atomic E-state index is 13.9. The van der Waals surface area contributed by atoms with Gasteiger partial charge in [0.05, 0.1) is 28.5 Å². The number of pyridine rings is 1. The van der Waals surface area contributed by atoms with Gasteiger partial charge >= 0.3 is 0 Å². The molecule has 2 aromatic carbocycles. The van der Waals surface area contributed by atoms with Gasteiger partial charge in [0.2, 0.25) is 0 Å². The minimum atomic E-state index is -0.476. The summed E-state index contributed by atoms with van der Waals surface area (Å²) in [4.78, 5) is 29.1. The lowest BCUT2D eigenvalue weighted by Gasteiger charge is -2.22. The fraction of sp³-hybridized carbons (Fsp3) is 0.0909. The van der Waals surface area contributed by atoms with E-state index in [1.54, 1.807) is 36.7 Å². The number of benzene rings is 2. The number of hydrogen-bond acceptors (Lipinski definition) is 5. The molecule has 3 aromatic heterocycles. The average molecular weight is 435 g/mol. The molecule has 5 aromatic rings. The SMILES string of the molecule is CC(Nc1ncnc2[nH]cnc12)c1cc2ccc(F)cc2c(=O)n1-c1ccccc1Cl. The molecule has 2 N–H and O–H groups in total. The van der Waals surface area contributed by atoms with Crippen molar-refractivity contribution in [3.63, 3.8) is 0 Å². The summed E-state index contributed by atoms with van der Waals surface area (Å²) in [6.07, 6.45) is 2.97. The second kappa shape index (κ2) is 7.48. The summed E-state index contributed by atoms with van der Waals surface area (Å²) in [5.41, 5.74) is 1.98. The predicted molar refractivity (Wildman–Crippen MR) is 118 cm³/mol. The first-order valence-corrected chi connectivity index (χ1v) is 9.91. The van der Waals surface area contributed by atoms with Crippen LogP contribution >= 0.6 is 11.6 Å². The van der Waals surface area contributed by atoms with Crippen LogP contribution in [0.25, 0.3) is 27.6 Å². The first-order valence-electron chi connectivity index (χ1n) is 9.53. The van der Waals surface area contributed by atoms with Crippen molar-refractivity contribution in [1.29, 1.82) is 0 Å². The van der Waals surface area contributed by atoms with Crippen LogP contribution in [0.1, 0.15) is 18.7 Å². The van der Waals surface area contributed by atoms with Gasteiger partial charge in [-0.2, -0.15) is 0 Å². The molecule has 0 aliphatic rings. The molecule has 0 fully saturated rings. The van der Waals surface area contributed by atoms with Gasteiger partial charge in [-0.1, -0.05) is 29.8 Å². The van der Waals surface area contributed by atoms with Gasteiger partial charge in [-0.05, 0) is 42.6 Å². The number of fused-ring (bicyclic) bond motifs is 2. The van der Waals surface area contributed by atoms with Gasteiger partial charge in [0, 0.05) is 5.69 Å². The van der Waals surface area contributed by atoms with E-state index in [9.17, 15) is 9.18 Å². The summed E-state index contributed by atoms with van der Waals surface area (Å²) >= 11 is 6.42. The van der Waals surface area contributed by atoms with Crippen LogP contribution in [0.3, 0.4) is 0 Å². The van der Waals surface area contributed by atoms with Crippen molar-refractivity contribution >= 4 is 39.4 Å². The minimum Gasteiger partial charge on any atom is -0.360 e. The third-order valence-corrected chi connectivity index (χ3v) is 5.44. The van der Waals surface area contributed by atoms with Crippen LogP contribution in [0.2, 0.25) is 5.02 Å². The van der Waals surface area contributed by atoms with E-state index in [4.69, 9.17) is 11.6 Å². The first kappa shape index (κ1) is 19.2. The second-order valence-corrected chi connectivity index (χ2v) is 7.49. The average Bonchev–Trinajstić information content (AvgIpc) is 3.25. The summed E-state index contributed by atoms with van der Waals surface area (Å²) in [6, 6.07) is 12.7. The van der Waals surface area contributed by atoms with Crippen molar-refractivity contribution in [3.8, 4) is 5.69 Å². The zero-order valence-electron chi connectivity index (χ0n) is 16.3. The second-order valence-electron chi connectivity index (χ2n) is 7.08. The van der Waals surface area contributed by atoms with Crippen molar-refractivity contribution in [2.45, 2.75) is 13.0 Å². The zero-order chi connectivity index (χ0) is 21.5. The minimum absolute atomic E-state index is 0.271. The van der Waals surface area contributed by atoms with Crippen molar-refractivity contribution in [2.24, 2.45) is 0 Å². The van der Waals surface area contributed by atoms with Gasteiger partial charge in [0.25, 0.3) is 5.56 Å². The Labute approximate surface area is 180 Å². The predicted octanol–water partition coefficient (Wildman–Crippen LogP) is 4.62. The lowest BCUT2D eigenvalue weighted by atomic mass is 10.1.